The standard InChI is InChI=1S/C13H10O2/c14-13(15)8-6-10-5-7-11-3-1-2-4-12(11)9-10/h1-9H,(H,14,15)/p-1/b8-6-. The van der Waals surface area contributed by atoms with Gasteiger partial charge in [-0.3, -0.25) is 0 Å². The predicted molar refractivity (Wildman–Crippen MR) is 58.0 cm³/mol. The summed E-state index contributed by atoms with van der Waals surface area (Å²) >= 11 is 0. The van der Waals surface area contributed by atoms with Gasteiger partial charge in [0.25, 0.3) is 0 Å². The first-order valence-electron chi connectivity index (χ1n) is 4.63. The van der Waals surface area contributed by atoms with Crippen LogP contribution in [0.25, 0.3) is 16.8 Å². The van der Waals surface area contributed by atoms with Crippen LogP contribution in [0.1, 0.15) is 5.56 Å². The van der Waals surface area contributed by atoms with Crippen molar-refractivity contribution in [2.24, 2.45) is 0 Å². The molecule has 0 aliphatic heterocycles. The second-order valence-electron chi connectivity index (χ2n) is 3.26. The average molecular weight is 197 g/mol. The Morgan fingerprint density at radius 3 is 2.53 bits per heavy atom. The Morgan fingerprint density at radius 2 is 1.80 bits per heavy atom. The molecule has 0 aliphatic rings. The van der Waals surface area contributed by atoms with Crippen molar-refractivity contribution in [1.82, 2.24) is 0 Å². The Morgan fingerprint density at radius 1 is 1.07 bits per heavy atom. The summed E-state index contributed by atoms with van der Waals surface area (Å²) in [5, 5.41) is 12.5. The normalized spacial score (nSPS) is 10.9. The van der Waals surface area contributed by atoms with E-state index in [-0.39, 0.29) is 0 Å². The fourth-order valence-electron chi connectivity index (χ4n) is 1.48. The van der Waals surface area contributed by atoms with E-state index in [9.17, 15) is 9.90 Å². The fourth-order valence-corrected chi connectivity index (χ4v) is 1.48. The van der Waals surface area contributed by atoms with Crippen molar-refractivity contribution in [1.29, 1.82) is 0 Å². The summed E-state index contributed by atoms with van der Waals surface area (Å²) in [6, 6.07) is 13.7. The number of rotatable bonds is 2. The Kier molecular flexibility index (Phi) is 2.50. The molecule has 2 aromatic carbocycles. The summed E-state index contributed by atoms with van der Waals surface area (Å²) in [6.45, 7) is 0. The second kappa shape index (κ2) is 3.96. The Labute approximate surface area is 87.5 Å². The maximum absolute atomic E-state index is 10.2. The van der Waals surface area contributed by atoms with Crippen LogP contribution in [-0.4, -0.2) is 5.97 Å². The number of benzene rings is 2. The number of carboxylic acid groups (broad SMARTS) is 1. The monoisotopic (exact) mass is 197 g/mol. The first kappa shape index (κ1) is 9.46. The lowest BCUT2D eigenvalue weighted by atomic mass is 10.1. The number of carbonyl (C=O) groups is 1. The summed E-state index contributed by atoms with van der Waals surface area (Å²) in [7, 11) is 0. The zero-order valence-electron chi connectivity index (χ0n) is 8.01. The van der Waals surface area contributed by atoms with Crippen molar-refractivity contribution in [2.45, 2.75) is 0 Å². The van der Waals surface area contributed by atoms with Crippen molar-refractivity contribution in [3.05, 3.63) is 54.1 Å². The smallest absolute Gasteiger partial charge is 0.0643 e. The molecule has 74 valence electrons. The van der Waals surface area contributed by atoms with Crippen LogP contribution in [-0.2, 0) is 4.79 Å². The van der Waals surface area contributed by atoms with Crippen molar-refractivity contribution >= 4 is 22.8 Å². The van der Waals surface area contributed by atoms with E-state index in [1.807, 2.05) is 42.5 Å². The molecule has 0 unspecified atom stereocenters. The highest BCUT2D eigenvalue weighted by Crippen LogP contribution is 2.16. The Bertz CT molecular complexity index is 527. The number of carboxylic acids is 1. The lowest BCUT2D eigenvalue weighted by molar-refractivity contribution is -0.297. The quantitative estimate of drug-likeness (QED) is 0.686. The van der Waals surface area contributed by atoms with Crippen LogP contribution in [0.15, 0.2) is 48.5 Å². The SMILES string of the molecule is O=C([O-])/C=C\c1ccc2ccccc2c1. The minimum Gasteiger partial charge on any atom is -0.545 e. The van der Waals surface area contributed by atoms with Crippen LogP contribution in [0.4, 0.5) is 0 Å². The van der Waals surface area contributed by atoms with Gasteiger partial charge in [-0.05, 0) is 28.5 Å². The first-order chi connectivity index (χ1) is 7.25. The van der Waals surface area contributed by atoms with E-state index < -0.39 is 5.97 Å². The third kappa shape index (κ3) is 2.23. The molecule has 2 aromatic rings. The van der Waals surface area contributed by atoms with Crippen LogP contribution in [0.3, 0.4) is 0 Å². The number of aliphatic carboxylic acids is 1. The zero-order valence-corrected chi connectivity index (χ0v) is 8.01. The first-order valence-corrected chi connectivity index (χ1v) is 4.63. The van der Waals surface area contributed by atoms with Crippen molar-refractivity contribution < 1.29 is 9.90 Å². The van der Waals surface area contributed by atoms with Gasteiger partial charge in [0.1, 0.15) is 0 Å². The summed E-state index contributed by atoms with van der Waals surface area (Å²) < 4.78 is 0. The predicted octanol–water partition coefficient (Wildman–Crippen LogP) is 1.60. The molecular formula is C13H9O2-. The minimum atomic E-state index is -1.18. The maximum atomic E-state index is 10.2. The van der Waals surface area contributed by atoms with E-state index in [0.29, 0.717) is 0 Å². The molecule has 0 aromatic heterocycles. The lowest BCUT2D eigenvalue weighted by Gasteiger charge is -1.99. The van der Waals surface area contributed by atoms with Gasteiger partial charge in [0.15, 0.2) is 0 Å². The summed E-state index contributed by atoms with van der Waals surface area (Å²) in [4.78, 5) is 10.2. The van der Waals surface area contributed by atoms with E-state index in [4.69, 9.17) is 0 Å². The highest BCUT2D eigenvalue weighted by molar-refractivity contribution is 5.87. The van der Waals surface area contributed by atoms with Crippen LogP contribution in [0.5, 0.6) is 0 Å². The molecule has 2 rings (SSSR count). The molecule has 0 saturated heterocycles. The Balaban J connectivity index is 2.43. The molecule has 0 radical (unpaired) electrons. The van der Waals surface area contributed by atoms with Crippen LogP contribution in [0, 0.1) is 0 Å². The Hall–Kier alpha value is -2.09. The summed E-state index contributed by atoms with van der Waals surface area (Å²) in [5.41, 5.74) is 0.859. The van der Waals surface area contributed by atoms with E-state index in [1.165, 1.54) is 6.08 Å². The van der Waals surface area contributed by atoms with Gasteiger partial charge in [0.05, 0.1) is 5.97 Å². The molecule has 0 bridgehead atoms. The third-order valence-corrected chi connectivity index (χ3v) is 2.19. The van der Waals surface area contributed by atoms with E-state index >= 15 is 0 Å². The van der Waals surface area contributed by atoms with Crippen molar-refractivity contribution in [3.63, 3.8) is 0 Å². The van der Waals surface area contributed by atoms with Gasteiger partial charge in [-0.1, -0.05) is 42.5 Å². The molecule has 15 heavy (non-hydrogen) atoms. The van der Waals surface area contributed by atoms with Crippen LogP contribution in [0.2, 0.25) is 0 Å². The number of carbonyl (C=O) groups excluding carboxylic acids is 1. The number of hydrogen-bond acceptors (Lipinski definition) is 2. The topological polar surface area (TPSA) is 40.1 Å². The van der Waals surface area contributed by atoms with Crippen LogP contribution < -0.4 is 5.11 Å². The van der Waals surface area contributed by atoms with Gasteiger partial charge in [0, 0.05) is 0 Å². The molecule has 0 saturated carbocycles. The summed E-state index contributed by atoms with van der Waals surface area (Å²) in [6.07, 6.45) is 2.56. The number of fused-ring (bicyclic) bond motifs is 1. The fraction of sp³-hybridized carbons (Fsp3) is 0. The second-order valence-corrected chi connectivity index (χ2v) is 3.26. The molecule has 0 atom stereocenters. The van der Waals surface area contributed by atoms with Gasteiger partial charge >= 0.3 is 0 Å². The average Bonchev–Trinajstić information content (AvgIpc) is 2.26. The number of hydrogen-bond donors (Lipinski definition) is 0. The largest absolute Gasteiger partial charge is 0.545 e. The highest BCUT2D eigenvalue weighted by atomic mass is 16.4. The van der Waals surface area contributed by atoms with E-state index in [1.54, 1.807) is 0 Å². The van der Waals surface area contributed by atoms with Gasteiger partial charge in [-0.2, -0.15) is 0 Å². The van der Waals surface area contributed by atoms with E-state index in [2.05, 4.69) is 0 Å². The molecular weight excluding hydrogens is 188 g/mol. The molecule has 0 aliphatic carbocycles. The molecule has 2 heteroatoms. The molecule has 0 amide bonds. The molecule has 0 spiro atoms. The van der Waals surface area contributed by atoms with Crippen molar-refractivity contribution in [3.8, 4) is 0 Å². The molecule has 0 N–H and O–H groups in total. The summed E-state index contributed by atoms with van der Waals surface area (Å²) in [5.74, 6) is -1.18. The zero-order chi connectivity index (χ0) is 10.7. The van der Waals surface area contributed by atoms with Crippen LogP contribution >= 0.6 is 0 Å². The lowest BCUT2D eigenvalue weighted by Crippen LogP contribution is -2.18. The minimum absolute atomic E-state index is 0.859. The van der Waals surface area contributed by atoms with Gasteiger partial charge < -0.3 is 9.90 Å². The molecule has 0 fully saturated rings. The molecule has 0 heterocycles. The van der Waals surface area contributed by atoms with Gasteiger partial charge in [0.2, 0.25) is 0 Å². The maximum Gasteiger partial charge on any atom is 0.0643 e. The van der Waals surface area contributed by atoms with Crippen molar-refractivity contribution in [2.75, 3.05) is 0 Å². The van der Waals surface area contributed by atoms with Gasteiger partial charge in [-0.25, -0.2) is 0 Å². The van der Waals surface area contributed by atoms with Gasteiger partial charge in [-0.15, -0.1) is 0 Å². The third-order valence-electron chi connectivity index (χ3n) is 2.19. The highest BCUT2D eigenvalue weighted by Gasteiger charge is 1.92. The molecule has 2 nitrogen and oxygen atoms in total. The van der Waals surface area contributed by atoms with E-state index in [0.717, 1.165) is 22.4 Å².